The Hall–Kier alpha value is -6.40. The zero-order valence-electron chi connectivity index (χ0n) is 20.2. The zero-order chi connectivity index (χ0) is 27.1. The van der Waals surface area contributed by atoms with E-state index in [0.717, 1.165) is 0 Å². The number of nitrogens with zero attached hydrogens (tertiary/aromatic N) is 10. The van der Waals surface area contributed by atoms with Gasteiger partial charge in [-0.2, -0.15) is 15.2 Å². The van der Waals surface area contributed by atoms with Crippen LogP contribution in [-0.4, -0.2) is 39.9 Å². The third kappa shape index (κ3) is 4.04. The first-order valence-corrected chi connectivity index (χ1v) is 11.8. The van der Waals surface area contributed by atoms with Gasteiger partial charge in [0, 0.05) is 0 Å². The topological polar surface area (TPSA) is 150 Å². The number of aromatic nitrogens is 8. The van der Waals surface area contributed by atoms with E-state index in [1.165, 1.54) is 0 Å². The summed E-state index contributed by atoms with van der Waals surface area (Å²) in [5.74, 6) is 1.04. The van der Waals surface area contributed by atoms with E-state index in [1.807, 2.05) is 42.5 Å². The molecule has 0 amide bonds. The molecule has 7 rings (SSSR count). The number of nitriles is 1. The van der Waals surface area contributed by atoms with Crippen molar-refractivity contribution in [3.05, 3.63) is 89.9 Å². The zero-order valence-corrected chi connectivity index (χ0v) is 20.2. The number of hydrogen-bond donors (Lipinski definition) is 0. The van der Waals surface area contributed by atoms with Crippen molar-refractivity contribution in [1.82, 2.24) is 39.9 Å². The summed E-state index contributed by atoms with van der Waals surface area (Å²) >= 11 is 0. The van der Waals surface area contributed by atoms with Crippen LogP contribution in [0.15, 0.2) is 72.8 Å². The van der Waals surface area contributed by atoms with E-state index in [4.69, 9.17) is 16.0 Å². The quantitative estimate of drug-likeness (QED) is 0.215. The fourth-order valence-corrected chi connectivity index (χ4v) is 3.95. The molecule has 12 heteroatoms. The summed E-state index contributed by atoms with van der Waals surface area (Å²) in [6.07, 6.45) is 0. The van der Waals surface area contributed by atoms with Crippen molar-refractivity contribution in [1.29, 1.82) is 5.26 Å². The lowest BCUT2D eigenvalue weighted by Crippen LogP contribution is -2.01. The summed E-state index contributed by atoms with van der Waals surface area (Å²) in [5.41, 5.74) is 2.63. The van der Waals surface area contributed by atoms with Crippen molar-refractivity contribution >= 4 is 50.5 Å². The Bertz CT molecular complexity index is 2040. The van der Waals surface area contributed by atoms with Gasteiger partial charge in [-0.15, -0.1) is 0 Å². The molecule has 0 fully saturated rings. The number of fused-ring (bicyclic) bond motifs is 4. The van der Waals surface area contributed by atoms with Crippen molar-refractivity contribution in [3.63, 3.8) is 0 Å². The molecule has 7 aromatic rings. The molecule has 0 aliphatic carbocycles. The number of rotatable bonds is 4. The van der Waals surface area contributed by atoms with Crippen LogP contribution in [0, 0.1) is 17.9 Å². The number of para-hydroxylation sites is 2. The Kier molecular flexibility index (Phi) is 5.22. The molecule has 0 spiro atoms. The molecule has 3 aromatic carbocycles. The lowest BCUT2D eigenvalue weighted by molar-refractivity contribution is 0.460. The average Bonchev–Trinajstić information content (AvgIpc) is 2.98. The fraction of sp³-hybridized carbons (Fsp3) is 0. The van der Waals surface area contributed by atoms with Gasteiger partial charge in [0.2, 0.25) is 22.9 Å². The Morgan fingerprint density at radius 2 is 1.02 bits per heavy atom. The first kappa shape index (κ1) is 22.8. The van der Waals surface area contributed by atoms with E-state index in [9.17, 15) is 5.26 Å². The Morgan fingerprint density at radius 1 is 0.575 bits per heavy atom. The first-order chi connectivity index (χ1) is 19.7. The molecule has 4 aromatic heterocycles. The second-order valence-electron chi connectivity index (χ2n) is 8.35. The smallest absolute Gasteiger partial charge is 0.334 e. The molecule has 0 saturated carbocycles. The molecule has 0 aliphatic rings. The third-order valence-electron chi connectivity index (χ3n) is 5.74. The van der Waals surface area contributed by atoms with Crippen LogP contribution in [0.25, 0.3) is 49.5 Å². The van der Waals surface area contributed by atoms with Crippen molar-refractivity contribution in [3.8, 4) is 29.3 Å². The Labute approximate surface area is 224 Å². The summed E-state index contributed by atoms with van der Waals surface area (Å²) in [7, 11) is 0. The van der Waals surface area contributed by atoms with Gasteiger partial charge in [0.25, 0.3) is 11.5 Å². The van der Waals surface area contributed by atoms with Crippen LogP contribution in [0.1, 0.15) is 5.69 Å². The maximum atomic E-state index is 9.62. The van der Waals surface area contributed by atoms with E-state index < -0.39 is 0 Å². The highest BCUT2D eigenvalue weighted by Gasteiger charge is 2.18. The van der Waals surface area contributed by atoms with Crippen molar-refractivity contribution in [2.24, 2.45) is 0 Å². The molecule has 0 unspecified atom stereocenters. The molecule has 40 heavy (non-hydrogen) atoms. The average molecular weight is 520 g/mol. The summed E-state index contributed by atoms with van der Waals surface area (Å²) in [6.45, 7) is 7.52. The maximum Gasteiger partial charge on any atom is 0.334 e. The van der Waals surface area contributed by atoms with Gasteiger partial charge in [0.05, 0.1) is 22.1 Å². The third-order valence-corrected chi connectivity index (χ3v) is 5.74. The van der Waals surface area contributed by atoms with Gasteiger partial charge < -0.3 is 14.3 Å². The summed E-state index contributed by atoms with van der Waals surface area (Å²) in [5, 5.41) is 9.62. The lowest BCUT2D eigenvalue weighted by Gasteiger charge is -2.08. The second kappa shape index (κ2) is 9.16. The molecule has 186 valence electrons. The molecule has 4 heterocycles. The van der Waals surface area contributed by atoms with Gasteiger partial charge in [0.1, 0.15) is 17.6 Å². The second-order valence-corrected chi connectivity index (χ2v) is 8.35. The minimum Gasteiger partial charge on any atom is -0.447 e. The fourth-order valence-electron chi connectivity index (χ4n) is 3.95. The molecular formula is C28H12N10O2. The monoisotopic (exact) mass is 520 g/mol. The Balaban J connectivity index is 1.35. The van der Waals surface area contributed by atoms with Gasteiger partial charge in [-0.3, -0.25) is 0 Å². The molecule has 0 atom stereocenters. The molecule has 0 bridgehead atoms. The van der Waals surface area contributed by atoms with Gasteiger partial charge in [-0.05, 0) is 36.4 Å². The number of hydrogen-bond acceptors (Lipinski definition) is 11. The van der Waals surface area contributed by atoms with Crippen LogP contribution in [0.2, 0.25) is 0 Å². The van der Waals surface area contributed by atoms with E-state index in [2.05, 4.69) is 44.7 Å². The molecule has 0 radical (unpaired) electrons. The highest BCUT2D eigenvalue weighted by atomic mass is 16.5. The van der Waals surface area contributed by atoms with Crippen molar-refractivity contribution < 1.29 is 9.47 Å². The van der Waals surface area contributed by atoms with Crippen LogP contribution in [0.4, 0.5) is 5.82 Å². The molecular weight excluding hydrogens is 508 g/mol. The van der Waals surface area contributed by atoms with Crippen molar-refractivity contribution in [2.45, 2.75) is 0 Å². The highest BCUT2D eigenvalue weighted by Crippen LogP contribution is 2.31. The molecule has 0 aliphatic heterocycles. The summed E-state index contributed by atoms with van der Waals surface area (Å²) in [4.78, 5) is 39.2. The van der Waals surface area contributed by atoms with E-state index in [-0.39, 0.29) is 45.9 Å². The molecule has 12 nitrogen and oxygen atoms in total. The highest BCUT2D eigenvalue weighted by molar-refractivity contribution is 5.95. The minimum absolute atomic E-state index is 0.0200. The van der Waals surface area contributed by atoms with E-state index in [1.54, 1.807) is 36.4 Å². The van der Waals surface area contributed by atoms with E-state index >= 15 is 0 Å². The lowest BCUT2D eigenvalue weighted by atomic mass is 10.2. The van der Waals surface area contributed by atoms with Crippen LogP contribution in [0.5, 0.6) is 23.3 Å². The minimum atomic E-state index is -0.0360. The SMILES string of the molecule is [C-]#[N+]c1nc2nc3cc4nc5nc(Oc6ccccc6)c(C#N)nc5nc4cc3nc2nc1Oc1ccccc1. The number of benzene rings is 3. The first-order valence-electron chi connectivity index (χ1n) is 11.8. The Morgan fingerprint density at radius 3 is 1.52 bits per heavy atom. The summed E-state index contributed by atoms with van der Waals surface area (Å²) < 4.78 is 11.6. The summed E-state index contributed by atoms with van der Waals surface area (Å²) in [6, 6.07) is 23.3. The van der Waals surface area contributed by atoms with Crippen molar-refractivity contribution in [2.75, 3.05) is 0 Å². The van der Waals surface area contributed by atoms with Crippen LogP contribution < -0.4 is 9.47 Å². The predicted molar refractivity (Wildman–Crippen MR) is 143 cm³/mol. The van der Waals surface area contributed by atoms with Crippen LogP contribution in [0.3, 0.4) is 0 Å². The maximum absolute atomic E-state index is 9.62. The van der Waals surface area contributed by atoms with E-state index in [0.29, 0.717) is 33.6 Å². The molecule has 0 saturated heterocycles. The molecule has 0 N–H and O–H groups in total. The van der Waals surface area contributed by atoms with Gasteiger partial charge in [-0.1, -0.05) is 48.0 Å². The number of ether oxygens (including phenoxy) is 2. The van der Waals surface area contributed by atoms with Gasteiger partial charge >= 0.3 is 5.82 Å². The van der Waals surface area contributed by atoms with Crippen LogP contribution in [-0.2, 0) is 0 Å². The van der Waals surface area contributed by atoms with Gasteiger partial charge in [-0.25, -0.2) is 24.9 Å². The van der Waals surface area contributed by atoms with Crippen LogP contribution >= 0.6 is 0 Å². The van der Waals surface area contributed by atoms with Gasteiger partial charge in [0.15, 0.2) is 5.65 Å². The normalized spacial score (nSPS) is 10.9. The largest absolute Gasteiger partial charge is 0.447 e. The standard InChI is InChI=1S/C28H12N10O2/c1-30-26-28(40-16-10-6-3-7-11-16)38-25-23(36-26)32-18-13-19-17(12-20(18)34-25)31-22-24(33-19)37-27(21(14-29)35-22)39-15-8-4-2-5-9-15/h2-13H. The predicted octanol–water partition coefficient (Wildman–Crippen LogP) is 5.47.